The molecule has 0 spiro atoms. The molecule has 102 valence electrons. The van der Waals surface area contributed by atoms with E-state index in [4.69, 9.17) is 0 Å². The number of aliphatic hydroxyl groups is 1. The fraction of sp³-hybridized carbons (Fsp3) is 0.533. The molecular weight excluding hydrogens is 240 g/mol. The minimum atomic E-state index is 0.157. The van der Waals surface area contributed by atoms with Gasteiger partial charge in [0, 0.05) is 18.3 Å². The highest BCUT2D eigenvalue weighted by Crippen LogP contribution is 2.28. The van der Waals surface area contributed by atoms with Crippen molar-refractivity contribution in [1.29, 1.82) is 0 Å². The number of fused-ring (bicyclic) bond motifs is 1. The minimum Gasteiger partial charge on any atom is -0.395 e. The average Bonchev–Trinajstić information content (AvgIpc) is 3.04. The third-order valence-electron chi connectivity index (χ3n) is 4.24. The normalized spacial score (nSPS) is 22.8. The predicted octanol–water partition coefficient (Wildman–Crippen LogP) is 1.03. The first-order valence-corrected chi connectivity index (χ1v) is 7.03. The van der Waals surface area contributed by atoms with E-state index in [1.54, 1.807) is 0 Å². The van der Waals surface area contributed by atoms with E-state index in [2.05, 4.69) is 11.0 Å². The highest BCUT2D eigenvalue weighted by molar-refractivity contribution is 5.96. The summed E-state index contributed by atoms with van der Waals surface area (Å²) in [6.07, 6.45) is 3.03. The van der Waals surface area contributed by atoms with Gasteiger partial charge in [-0.15, -0.1) is 0 Å². The number of amides is 1. The maximum Gasteiger partial charge on any atom is 0.241 e. The van der Waals surface area contributed by atoms with Crippen LogP contribution in [-0.4, -0.2) is 48.2 Å². The molecule has 0 radical (unpaired) electrons. The molecule has 19 heavy (non-hydrogen) atoms. The summed E-state index contributed by atoms with van der Waals surface area (Å²) in [7, 11) is 0. The number of nitrogens with zero attached hydrogens (tertiary/aromatic N) is 2. The van der Waals surface area contributed by atoms with Crippen LogP contribution in [0, 0.1) is 0 Å². The maximum absolute atomic E-state index is 12.4. The van der Waals surface area contributed by atoms with Crippen molar-refractivity contribution in [1.82, 2.24) is 4.90 Å². The van der Waals surface area contributed by atoms with E-state index in [9.17, 15) is 9.90 Å². The van der Waals surface area contributed by atoms with Crippen molar-refractivity contribution in [2.24, 2.45) is 0 Å². The Labute approximate surface area is 113 Å². The van der Waals surface area contributed by atoms with Crippen LogP contribution in [0.4, 0.5) is 5.69 Å². The molecule has 0 aliphatic carbocycles. The largest absolute Gasteiger partial charge is 0.395 e. The number of carbonyl (C=O) groups excluding carboxylic acids is 1. The molecule has 1 saturated heterocycles. The number of para-hydroxylation sites is 1. The second-order valence-corrected chi connectivity index (χ2v) is 5.37. The van der Waals surface area contributed by atoms with Crippen molar-refractivity contribution in [3.05, 3.63) is 29.8 Å². The van der Waals surface area contributed by atoms with Crippen molar-refractivity contribution in [2.75, 3.05) is 31.1 Å². The van der Waals surface area contributed by atoms with Gasteiger partial charge in [0.15, 0.2) is 0 Å². The molecule has 0 aromatic heterocycles. The van der Waals surface area contributed by atoms with Gasteiger partial charge in [-0.3, -0.25) is 9.69 Å². The van der Waals surface area contributed by atoms with Crippen LogP contribution in [0.1, 0.15) is 18.4 Å². The summed E-state index contributed by atoms with van der Waals surface area (Å²) in [5.74, 6) is 0.158. The molecule has 4 nitrogen and oxygen atoms in total. The van der Waals surface area contributed by atoms with E-state index in [1.807, 2.05) is 23.1 Å². The lowest BCUT2D eigenvalue weighted by atomic mass is 10.2. The fourth-order valence-corrected chi connectivity index (χ4v) is 3.17. The summed E-state index contributed by atoms with van der Waals surface area (Å²) in [4.78, 5) is 16.4. The SMILES string of the molecule is O=C(CN1CCC[C@@H]1CO)N1CCc2ccccc21. The zero-order valence-electron chi connectivity index (χ0n) is 11.1. The Bertz CT molecular complexity index is 475. The lowest BCUT2D eigenvalue weighted by Gasteiger charge is -2.25. The van der Waals surface area contributed by atoms with Crippen LogP contribution in [0.25, 0.3) is 0 Å². The van der Waals surface area contributed by atoms with E-state index < -0.39 is 0 Å². The highest BCUT2D eigenvalue weighted by Gasteiger charge is 2.29. The van der Waals surface area contributed by atoms with Gasteiger partial charge < -0.3 is 10.0 Å². The van der Waals surface area contributed by atoms with E-state index in [0.717, 1.165) is 38.0 Å². The van der Waals surface area contributed by atoms with Crippen molar-refractivity contribution < 1.29 is 9.90 Å². The lowest BCUT2D eigenvalue weighted by molar-refractivity contribution is -0.120. The van der Waals surface area contributed by atoms with Crippen LogP contribution in [0.5, 0.6) is 0 Å². The van der Waals surface area contributed by atoms with E-state index >= 15 is 0 Å². The van der Waals surface area contributed by atoms with Gasteiger partial charge in [-0.05, 0) is 37.4 Å². The van der Waals surface area contributed by atoms with E-state index in [1.165, 1.54) is 5.56 Å². The van der Waals surface area contributed by atoms with Crippen molar-refractivity contribution in [3.63, 3.8) is 0 Å². The molecule has 1 fully saturated rings. The third kappa shape index (κ3) is 2.38. The van der Waals surface area contributed by atoms with Gasteiger partial charge >= 0.3 is 0 Å². The molecule has 2 aliphatic rings. The Morgan fingerprint density at radius 3 is 3.00 bits per heavy atom. The van der Waals surface area contributed by atoms with Crippen LogP contribution in [0.15, 0.2) is 24.3 Å². The maximum atomic E-state index is 12.4. The Morgan fingerprint density at radius 2 is 2.16 bits per heavy atom. The number of rotatable bonds is 3. The Hall–Kier alpha value is -1.39. The van der Waals surface area contributed by atoms with Gasteiger partial charge in [0.1, 0.15) is 0 Å². The summed E-state index contributed by atoms with van der Waals surface area (Å²) in [6.45, 7) is 2.30. The average molecular weight is 260 g/mol. The number of benzene rings is 1. The van der Waals surface area contributed by atoms with Crippen molar-refractivity contribution >= 4 is 11.6 Å². The van der Waals surface area contributed by atoms with Crippen molar-refractivity contribution in [3.8, 4) is 0 Å². The zero-order valence-corrected chi connectivity index (χ0v) is 11.1. The molecule has 4 heteroatoms. The third-order valence-corrected chi connectivity index (χ3v) is 4.24. The van der Waals surface area contributed by atoms with Crippen LogP contribution in [0.3, 0.4) is 0 Å². The molecule has 1 N–H and O–H groups in total. The van der Waals surface area contributed by atoms with Crippen LogP contribution >= 0.6 is 0 Å². The lowest BCUT2D eigenvalue weighted by Crippen LogP contribution is -2.42. The molecule has 1 aromatic carbocycles. The number of hydrogen-bond acceptors (Lipinski definition) is 3. The molecule has 0 unspecified atom stereocenters. The van der Waals surface area contributed by atoms with Crippen LogP contribution in [0.2, 0.25) is 0 Å². The molecule has 1 amide bonds. The van der Waals surface area contributed by atoms with Gasteiger partial charge in [-0.2, -0.15) is 0 Å². The quantitative estimate of drug-likeness (QED) is 0.883. The van der Waals surface area contributed by atoms with Crippen LogP contribution < -0.4 is 4.90 Å². The Morgan fingerprint density at radius 1 is 1.32 bits per heavy atom. The molecular formula is C15H20N2O2. The smallest absolute Gasteiger partial charge is 0.241 e. The summed E-state index contributed by atoms with van der Waals surface area (Å²) in [6, 6.07) is 8.29. The number of hydrogen-bond donors (Lipinski definition) is 1. The number of anilines is 1. The van der Waals surface area contributed by atoms with E-state index in [0.29, 0.717) is 6.54 Å². The Kier molecular flexibility index (Phi) is 3.53. The summed E-state index contributed by atoms with van der Waals surface area (Å²) < 4.78 is 0. The molecule has 1 atom stereocenters. The van der Waals surface area contributed by atoms with Crippen molar-refractivity contribution in [2.45, 2.75) is 25.3 Å². The van der Waals surface area contributed by atoms with E-state index in [-0.39, 0.29) is 18.6 Å². The second-order valence-electron chi connectivity index (χ2n) is 5.37. The first-order valence-electron chi connectivity index (χ1n) is 7.03. The van der Waals surface area contributed by atoms with Gasteiger partial charge in [-0.1, -0.05) is 18.2 Å². The van der Waals surface area contributed by atoms with Gasteiger partial charge in [-0.25, -0.2) is 0 Å². The first-order chi connectivity index (χ1) is 9.29. The zero-order chi connectivity index (χ0) is 13.2. The monoisotopic (exact) mass is 260 g/mol. The highest BCUT2D eigenvalue weighted by atomic mass is 16.3. The molecule has 0 bridgehead atoms. The molecule has 2 heterocycles. The molecule has 3 rings (SSSR count). The fourth-order valence-electron chi connectivity index (χ4n) is 3.17. The van der Waals surface area contributed by atoms with Crippen LogP contribution in [-0.2, 0) is 11.2 Å². The van der Waals surface area contributed by atoms with Gasteiger partial charge in [0.25, 0.3) is 0 Å². The summed E-state index contributed by atoms with van der Waals surface area (Å²) >= 11 is 0. The summed E-state index contributed by atoms with van der Waals surface area (Å²) in [5, 5.41) is 9.31. The minimum absolute atomic E-state index is 0.157. The standard InChI is InChI=1S/C15H20N2O2/c18-11-13-5-3-8-16(13)10-15(19)17-9-7-12-4-1-2-6-14(12)17/h1-2,4,6,13,18H,3,5,7-11H2/t13-/m1/s1. The molecule has 2 aliphatic heterocycles. The topological polar surface area (TPSA) is 43.8 Å². The first kappa shape index (κ1) is 12.6. The summed E-state index contributed by atoms with van der Waals surface area (Å²) in [5.41, 5.74) is 2.32. The predicted molar refractivity (Wildman–Crippen MR) is 74.2 cm³/mol. The Balaban J connectivity index is 1.69. The number of likely N-dealkylation sites (tertiary alicyclic amines) is 1. The van der Waals surface area contributed by atoms with Gasteiger partial charge in [0.05, 0.1) is 13.2 Å². The number of aliphatic hydroxyl groups excluding tert-OH is 1. The molecule has 1 aromatic rings. The molecule has 0 saturated carbocycles. The number of carbonyl (C=O) groups is 1. The van der Waals surface area contributed by atoms with Gasteiger partial charge in [0.2, 0.25) is 5.91 Å². The second kappa shape index (κ2) is 5.31.